The summed E-state index contributed by atoms with van der Waals surface area (Å²) >= 11 is 3.30. The van der Waals surface area contributed by atoms with Crippen LogP contribution < -0.4 is 0 Å². The van der Waals surface area contributed by atoms with Crippen LogP contribution in [-0.4, -0.2) is 61.1 Å². The number of benzene rings is 1. The number of carbonyl (C=O) groups is 3. The Labute approximate surface area is 165 Å². The summed E-state index contributed by atoms with van der Waals surface area (Å²) in [5, 5.41) is 0.268. The lowest BCUT2D eigenvalue weighted by Crippen LogP contribution is -2.62. The lowest BCUT2D eigenvalue weighted by Gasteiger charge is -2.43. The van der Waals surface area contributed by atoms with E-state index in [9.17, 15) is 14.4 Å². The minimum absolute atomic E-state index is 0.268. The van der Waals surface area contributed by atoms with Crippen LogP contribution in [0.1, 0.15) is 24.2 Å². The van der Waals surface area contributed by atoms with Gasteiger partial charge in [-0.15, -0.1) is 0 Å². The third-order valence-electron chi connectivity index (χ3n) is 3.83. The van der Waals surface area contributed by atoms with Gasteiger partial charge in [-0.1, -0.05) is 34.1 Å². The molecule has 0 aliphatic carbocycles. The van der Waals surface area contributed by atoms with Gasteiger partial charge in [0.1, 0.15) is 6.10 Å². The SMILES string of the molecule is CO[C@H]1O[C@@H](CBr)[C@@H](OC(=O)c2ccccc2)[C@@H](OC(C)=O)[C@H]1OC(C)=O. The van der Waals surface area contributed by atoms with E-state index in [4.69, 9.17) is 23.7 Å². The number of halogens is 1. The first kappa shape index (κ1) is 21.3. The molecule has 1 aliphatic heterocycles. The zero-order valence-corrected chi connectivity index (χ0v) is 16.7. The van der Waals surface area contributed by atoms with Crippen molar-refractivity contribution in [1.29, 1.82) is 0 Å². The zero-order chi connectivity index (χ0) is 20.0. The normalized spacial score (nSPS) is 27.5. The molecule has 1 heterocycles. The maximum atomic E-state index is 12.5. The summed E-state index contributed by atoms with van der Waals surface area (Å²) < 4.78 is 27.1. The van der Waals surface area contributed by atoms with Crippen LogP contribution in [0.5, 0.6) is 0 Å². The molecule has 0 unspecified atom stereocenters. The van der Waals surface area contributed by atoms with Gasteiger partial charge in [0.2, 0.25) is 0 Å². The van der Waals surface area contributed by atoms with Crippen molar-refractivity contribution in [2.24, 2.45) is 0 Å². The monoisotopic (exact) mass is 444 g/mol. The second kappa shape index (κ2) is 9.82. The van der Waals surface area contributed by atoms with Gasteiger partial charge >= 0.3 is 17.9 Å². The van der Waals surface area contributed by atoms with Gasteiger partial charge in [-0.05, 0) is 12.1 Å². The van der Waals surface area contributed by atoms with Gasteiger partial charge in [0.05, 0.1) is 5.56 Å². The van der Waals surface area contributed by atoms with Gasteiger partial charge in [0, 0.05) is 26.3 Å². The van der Waals surface area contributed by atoms with Gasteiger partial charge in [-0.3, -0.25) is 9.59 Å². The first-order valence-electron chi connectivity index (χ1n) is 8.22. The highest BCUT2D eigenvalue weighted by Crippen LogP contribution is 2.30. The van der Waals surface area contributed by atoms with Crippen molar-refractivity contribution in [3.63, 3.8) is 0 Å². The van der Waals surface area contributed by atoms with Crippen molar-refractivity contribution in [1.82, 2.24) is 0 Å². The molecule has 0 aromatic heterocycles. The fourth-order valence-electron chi connectivity index (χ4n) is 2.74. The second-order valence-electron chi connectivity index (χ2n) is 5.82. The number of alkyl halides is 1. The van der Waals surface area contributed by atoms with Crippen molar-refractivity contribution in [3.8, 4) is 0 Å². The molecule has 5 atom stereocenters. The molecule has 9 heteroatoms. The Morgan fingerprint density at radius 1 is 0.963 bits per heavy atom. The maximum absolute atomic E-state index is 12.5. The number of hydrogen-bond acceptors (Lipinski definition) is 8. The van der Waals surface area contributed by atoms with Gasteiger partial charge in [0.15, 0.2) is 24.6 Å². The molecule has 0 bridgehead atoms. The largest absolute Gasteiger partial charge is 0.454 e. The van der Waals surface area contributed by atoms with Crippen LogP contribution in [0, 0.1) is 0 Å². The molecule has 1 saturated heterocycles. The minimum atomic E-state index is -1.10. The molecule has 0 amide bonds. The number of esters is 3. The quantitative estimate of drug-likeness (QED) is 0.372. The van der Waals surface area contributed by atoms with Crippen molar-refractivity contribution < 1.29 is 38.1 Å². The first-order chi connectivity index (χ1) is 12.9. The van der Waals surface area contributed by atoms with Crippen molar-refractivity contribution >= 4 is 33.8 Å². The Balaban J connectivity index is 2.34. The lowest BCUT2D eigenvalue weighted by atomic mass is 9.98. The number of hydrogen-bond donors (Lipinski definition) is 0. The average Bonchev–Trinajstić information content (AvgIpc) is 2.64. The molecular formula is C18H21BrO8. The fraction of sp³-hybridized carbons (Fsp3) is 0.500. The molecule has 8 nitrogen and oxygen atoms in total. The lowest BCUT2D eigenvalue weighted by molar-refractivity contribution is -0.290. The smallest absolute Gasteiger partial charge is 0.338 e. The summed E-state index contributed by atoms with van der Waals surface area (Å²) in [7, 11) is 1.37. The Morgan fingerprint density at radius 2 is 1.56 bits per heavy atom. The van der Waals surface area contributed by atoms with Crippen molar-refractivity contribution in [2.45, 2.75) is 44.6 Å². The van der Waals surface area contributed by atoms with Crippen LogP contribution in [-0.2, 0) is 33.3 Å². The summed E-state index contributed by atoms with van der Waals surface area (Å²) in [4.78, 5) is 35.7. The summed E-state index contributed by atoms with van der Waals surface area (Å²) in [5.74, 6) is -1.86. The molecule has 1 aromatic carbocycles. The van der Waals surface area contributed by atoms with Crippen LogP contribution in [0.25, 0.3) is 0 Å². The zero-order valence-electron chi connectivity index (χ0n) is 15.1. The van der Waals surface area contributed by atoms with Crippen LogP contribution >= 0.6 is 15.9 Å². The van der Waals surface area contributed by atoms with E-state index in [0.717, 1.165) is 0 Å². The van der Waals surface area contributed by atoms with Crippen LogP contribution in [0.15, 0.2) is 30.3 Å². The molecule has 0 spiro atoms. The standard InChI is InChI=1S/C18H21BrO8/c1-10(20)24-15-14(27-17(22)12-7-5-4-6-8-12)13(9-19)26-18(23-3)16(15)25-11(2)21/h4-8,13-16,18H,9H2,1-3H3/t13-,14+,15+,16+,18-/m0/s1. The van der Waals surface area contributed by atoms with Crippen LogP contribution in [0.4, 0.5) is 0 Å². The summed E-state index contributed by atoms with van der Waals surface area (Å²) in [6.45, 7) is 2.42. The number of carbonyl (C=O) groups excluding carboxylic acids is 3. The Hall–Kier alpha value is -1.97. The predicted molar refractivity (Wildman–Crippen MR) is 96.2 cm³/mol. The van der Waals surface area contributed by atoms with Crippen LogP contribution in [0.2, 0.25) is 0 Å². The van der Waals surface area contributed by atoms with Gasteiger partial charge < -0.3 is 23.7 Å². The van der Waals surface area contributed by atoms with Crippen molar-refractivity contribution in [2.75, 3.05) is 12.4 Å². The minimum Gasteiger partial charge on any atom is -0.454 e. The summed E-state index contributed by atoms with van der Waals surface area (Å²) in [6, 6.07) is 8.35. The molecule has 1 aliphatic rings. The Kier molecular flexibility index (Phi) is 7.76. The van der Waals surface area contributed by atoms with E-state index in [2.05, 4.69) is 15.9 Å². The number of methoxy groups -OCH3 is 1. The third-order valence-corrected chi connectivity index (χ3v) is 4.47. The third kappa shape index (κ3) is 5.50. The molecule has 2 rings (SSSR count). The number of ether oxygens (including phenoxy) is 5. The highest BCUT2D eigenvalue weighted by molar-refractivity contribution is 9.09. The fourth-order valence-corrected chi connectivity index (χ4v) is 3.26. The Bertz CT molecular complexity index is 665. The predicted octanol–water partition coefficient (Wildman–Crippen LogP) is 1.84. The highest BCUT2D eigenvalue weighted by atomic mass is 79.9. The summed E-state index contributed by atoms with van der Waals surface area (Å²) in [5.41, 5.74) is 0.324. The topological polar surface area (TPSA) is 97.4 Å². The van der Waals surface area contributed by atoms with E-state index in [1.165, 1.54) is 21.0 Å². The van der Waals surface area contributed by atoms with Gasteiger partial charge in [-0.2, -0.15) is 0 Å². The van der Waals surface area contributed by atoms with E-state index >= 15 is 0 Å². The first-order valence-corrected chi connectivity index (χ1v) is 9.34. The van der Waals surface area contributed by atoms with E-state index < -0.39 is 48.6 Å². The van der Waals surface area contributed by atoms with Gasteiger partial charge in [-0.25, -0.2) is 4.79 Å². The molecule has 0 N–H and O–H groups in total. The maximum Gasteiger partial charge on any atom is 0.338 e. The van der Waals surface area contributed by atoms with E-state index in [0.29, 0.717) is 5.56 Å². The molecular weight excluding hydrogens is 424 g/mol. The highest BCUT2D eigenvalue weighted by Gasteiger charge is 2.52. The van der Waals surface area contributed by atoms with E-state index in [1.807, 2.05) is 0 Å². The Morgan fingerprint density at radius 3 is 2.07 bits per heavy atom. The molecule has 0 radical (unpaired) electrons. The summed E-state index contributed by atoms with van der Waals surface area (Å²) in [6.07, 6.45) is -4.90. The van der Waals surface area contributed by atoms with Crippen LogP contribution in [0.3, 0.4) is 0 Å². The molecule has 1 fully saturated rings. The molecule has 0 saturated carbocycles. The van der Waals surface area contributed by atoms with Crippen molar-refractivity contribution in [3.05, 3.63) is 35.9 Å². The molecule has 1 aromatic rings. The molecule has 148 valence electrons. The van der Waals surface area contributed by atoms with Gasteiger partial charge in [0.25, 0.3) is 0 Å². The average molecular weight is 445 g/mol. The second-order valence-corrected chi connectivity index (χ2v) is 6.46. The molecule has 27 heavy (non-hydrogen) atoms. The number of rotatable bonds is 6. The van der Waals surface area contributed by atoms with E-state index in [1.54, 1.807) is 30.3 Å². The van der Waals surface area contributed by atoms with E-state index in [-0.39, 0.29) is 5.33 Å².